The first-order valence-corrected chi connectivity index (χ1v) is 8.69. The largest absolute Gasteiger partial charge is 0.419 e. The van der Waals surface area contributed by atoms with Crippen molar-refractivity contribution in [2.24, 2.45) is 0 Å². The summed E-state index contributed by atoms with van der Waals surface area (Å²) in [4.78, 5) is 0.818. The van der Waals surface area contributed by atoms with Crippen LogP contribution in [0, 0.1) is 6.92 Å². The molecule has 0 aliphatic carbocycles. The highest BCUT2D eigenvalue weighted by atomic mass is 35.5. The highest BCUT2D eigenvalue weighted by Gasteiger charge is 2.19. The first-order valence-electron chi connectivity index (χ1n) is 7.05. The van der Waals surface area contributed by atoms with E-state index in [-0.39, 0.29) is 5.25 Å². The fourth-order valence-electron chi connectivity index (χ4n) is 2.12. The van der Waals surface area contributed by atoms with Crippen LogP contribution < -0.4 is 0 Å². The molecule has 1 atom stereocenters. The van der Waals surface area contributed by atoms with Crippen molar-refractivity contribution in [1.29, 1.82) is 0 Å². The van der Waals surface area contributed by atoms with Crippen LogP contribution in [0.2, 0.25) is 10.0 Å². The van der Waals surface area contributed by atoms with Crippen LogP contribution in [0.15, 0.2) is 51.8 Å². The minimum atomic E-state index is -0.0570. The normalized spacial score (nSPS) is 12.3. The van der Waals surface area contributed by atoms with Gasteiger partial charge in [-0.15, -0.1) is 22.0 Å². The van der Waals surface area contributed by atoms with Crippen molar-refractivity contribution in [3.05, 3.63) is 64.0 Å². The lowest BCUT2D eigenvalue weighted by Crippen LogP contribution is -1.89. The first kappa shape index (κ1) is 16.4. The molecule has 0 amide bonds. The Morgan fingerprint density at radius 1 is 1.04 bits per heavy atom. The number of hydrogen-bond donors (Lipinski definition) is 0. The Labute approximate surface area is 149 Å². The monoisotopic (exact) mass is 364 g/mol. The molecule has 1 unspecified atom stereocenters. The zero-order valence-corrected chi connectivity index (χ0v) is 14.9. The van der Waals surface area contributed by atoms with E-state index in [2.05, 4.69) is 10.2 Å². The van der Waals surface area contributed by atoms with Crippen LogP contribution in [0.4, 0.5) is 0 Å². The molecule has 1 aromatic heterocycles. The van der Waals surface area contributed by atoms with E-state index in [9.17, 15) is 0 Å². The first-order chi connectivity index (χ1) is 11.0. The standard InChI is InChI=1S/C17H14Cl2N2OS/c1-10-5-3-6-12(9-10)17-21-20-16(22-17)11(2)23-15-13(18)7-4-8-14(15)19/h3-9,11H,1-2H3. The van der Waals surface area contributed by atoms with E-state index in [1.165, 1.54) is 11.8 Å². The predicted octanol–water partition coefficient (Wildman–Crippen LogP) is 6.21. The molecule has 0 bridgehead atoms. The predicted molar refractivity (Wildman–Crippen MR) is 95.2 cm³/mol. The number of aryl methyl sites for hydroxylation is 1. The van der Waals surface area contributed by atoms with Crippen LogP contribution in [0.5, 0.6) is 0 Å². The topological polar surface area (TPSA) is 38.9 Å². The summed E-state index contributed by atoms with van der Waals surface area (Å²) in [6.07, 6.45) is 0. The number of hydrogen-bond acceptors (Lipinski definition) is 4. The maximum absolute atomic E-state index is 6.21. The van der Waals surface area contributed by atoms with Crippen LogP contribution in [-0.2, 0) is 0 Å². The lowest BCUT2D eigenvalue weighted by Gasteiger charge is -2.09. The van der Waals surface area contributed by atoms with Gasteiger partial charge in [0, 0.05) is 10.5 Å². The zero-order chi connectivity index (χ0) is 16.4. The summed E-state index contributed by atoms with van der Waals surface area (Å²) in [5.41, 5.74) is 2.06. The van der Waals surface area contributed by atoms with Gasteiger partial charge >= 0.3 is 0 Å². The number of thioether (sulfide) groups is 1. The Balaban J connectivity index is 1.83. The second-order valence-electron chi connectivity index (χ2n) is 5.13. The van der Waals surface area contributed by atoms with E-state index >= 15 is 0 Å². The number of aromatic nitrogens is 2. The highest BCUT2D eigenvalue weighted by molar-refractivity contribution is 7.99. The average molecular weight is 365 g/mol. The molecule has 3 nitrogen and oxygen atoms in total. The minimum Gasteiger partial charge on any atom is -0.419 e. The average Bonchev–Trinajstić information content (AvgIpc) is 3.01. The molecule has 0 spiro atoms. The quantitative estimate of drug-likeness (QED) is 0.516. The fourth-order valence-corrected chi connectivity index (χ4v) is 3.69. The summed E-state index contributed by atoms with van der Waals surface area (Å²) in [6, 6.07) is 13.4. The van der Waals surface area contributed by atoms with Crippen molar-refractivity contribution < 1.29 is 4.42 Å². The Bertz CT molecular complexity index is 815. The zero-order valence-electron chi connectivity index (χ0n) is 12.6. The fraction of sp³-hybridized carbons (Fsp3) is 0.176. The molecule has 0 fully saturated rings. The van der Waals surface area contributed by atoms with Gasteiger partial charge in [-0.2, -0.15) is 0 Å². The smallest absolute Gasteiger partial charge is 0.247 e. The molecule has 0 saturated heterocycles. The molecule has 6 heteroatoms. The molecule has 23 heavy (non-hydrogen) atoms. The molecule has 3 aromatic rings. The molecule has 0 aliphatic heterocycles. The van der Waals surface area contributed by atoms with Gasteiger partial charge in [0.1, 0.15) is 0 Å². The Morgan fingerprint density at radius 3 is 2.43 bits per heavy atom. The Morgan fingerprint density at radius 2 is 1.74 bits per heavy atom. The van der Waals surface area contributed by atoms with Crippen molar-refractivity contribution in [3.8, 4) is 11.5 Å². The summed E-state index contributed by atoms with van der Waals surface area (Å²) < 4.78 is 5.81. The van der Waals surface area contributed by atoms with E-state index in [1.807, 2.05) is 56.3 Å². The van der Waals surface area contributed by atoms with E-state index in [0.29, 0.717) is 21.8 Å². The molecule has 0 saturated carbocycles. The maximum atomic E-state index is 6.21. The van der Waals surface area contributed by atoms with Gasteiger partial charge in [-0.05, 0) is 38.1 Å². The van der Waals surface area contributed by atoms with Gasteiger partial charge in [-0.1, -0.05) is 47.0 Å². The molecule has 0 radical (unpaired) electrons. The molecule has 1 heterocycles. The molecule has 0 aliphatic rings. The summed E-state index contributed by atoms with van der Waals surface area (Å²) >= 11 is 13.9. The van der Waals surface area contributed by atoms with Gasteiger partial charge in [0.25, 0.3) is 0 Å². The van der Waals surface area contributed by atoms with Crippen LogP contribution in [0.25, 0.3) is 11.5 Å². The van der Waals surface area contributed by atoms with Crippen molar-refractivity contribution >= 4 is 35.0 Å². The Kier molecular flexibility index (Phi) is 4.95. The van der Waals surface area contributed by atoms with E-state index in [4.69, 9.17) is 27.6 Å². The lowest BCUT2D eigenvalue weighted by atomic mass is 10.1. The van der Waals surface area contributed by atoms with Crippen molar-refractivity contribution in [1.82, 2.24) is 10.2 Å². The second kappa shape index (κ2) is 6.95. The third-order valence-electron chi connectivity index (χ3n) is 3.27. The number of benzene rings is 2. The molecule has 3 rings (SSSR count). The van der Waals surface area contributed by atoms with E-state index in [0.717, 1.165) is 16.0 Å². The molecule has 2 aromatic carbocycles. The molecular weight excluding hydrogens is 351 g/mol. The van der Waals surface area contributed by atoms with Crippen LogP contribution in [-0.4, -0.2) is 10.2 Å². The van der Waals surface area contributed by atoms with Crippen LogP contribution in [0.1, 0.15) is 23.6 Å². The van der Waals surface area contributed by atoms with E-state index in [1.54, 1.807) is 0 Å². The number of nitrogens with zero attached hydrogens (tertiary/aromatic N) is 2. The minimum absolute atomic E-state index is 0.0570. The van der Waals surface area contributed by atoms with Gasteiger partial charge in [0.05, 0.1) is 15.3 Å². The van der Waals surface area contributed by atoms with Gasteiger partial charge in [0.15, 0.2) is 0 Å². The SMILES string of the molecule is Cc1cccc(-c2nnc(C(C)Sc3c(Cl)cccc3Cl)o2)c1. The molecule has 118 valence electrons. The highest BCUT2D eigenvalue weighted by Crippen LogP contribution is 2.42. The summed E-state index contributed by atoms with van der Waals surface area (Å²) in [5.74, 6) is 1.06. The third-order valence-corrected chi connectivity index (χ3v) is 5.35. The van der Waals surface area contributed by atoms with Crippen LogP contribution in [0.3, 0.4) is 0 Å². The van der Waals surface area contributed by atoms with Crippen molar-refractivity contribution in [2.75, 3.05) is 0 Å². The lowest BCUT2D eigenvalue weighted by molar-refractivity contribution is 0.509. The second-order valence-corrected chi connectivity index (χ2v) is 7.29. The van der Waals surface area contributed by atoms with Crippen LogP contribution >= 0.6 is 35.0 Å². The summed E-state index contributed by atoms with van der Waals surface area (Å²) in [5, 5.41) is 9.47. The molecular formula is C17H14Cl2N2OS. The van der Waals surface area contributed by atoms with Crippen molar-refractivity contribution in [2.45, 2.75) is 24.0 Å². The van der Waals surface area contributed by atoms with Crippen molar-refractivity contribution in [3.63, 3.8) is 0 Å². The number of halogens is 2. The third kappa shape index (κ3) is 3.71. The maximum Gasteiger partial charge on any atom is 0.247 e. The van der Waals surface area contributed by atoms with Gasteiger partial charge in [0.2, 0.25) is 11.8 Å². The van der Waals surface area contributed by atoms with Gasteiger partial charge in [-0.3, -0.25) is 0 Å². The van der Waals surface area contributed by atoms with E-state index < -0.39 is 0 Å². The summed E-state index contributed by atoms with van der Waals surface area (Å²) in [7, 11) is 0. The Hall–Kier alpha value is -1.49. The molecule has 0 N–H and O–H groups in total. The number of rotatable bonds is 4. The van der Waals surface area contributed by atoms with Gasteiger partial charge in [-0.25, -0.2) is 0 Å². The van der Waals surface area contributed by atoms with Gasteiger partial charge < -0.3 is 4.42 Å². The summed E-state index contributed by atoms with van der Waals surface area (Å²) in [6.45, 7) is 4.01.